The van der Waals surface area contributed by atoms with Crippen molar-refractivity contribution in [1.82, 2.24) is 9.55 Å². The fourth-order valence-electron chi connectivity index (χ4n) is 3.35. The first-order valence-electron chi connectivity index (χ1n) is 9.14. The first-order valence-corrected chi connectivity index (χ1v) is 9.14. The molecular weight excluding hydrogens is 332 g/mol. The summed E-state index contributed by atoms with van der Waals surface area (Å²) < 4.78 is 7.67. The van der Waals surface area contributed by atoms with Crippen LogP contribution >= 0.6 is 0 Å². The largest absolute Gasteiger partial charge is 0.383 e. The Hall–Kier alpha value is -3.17. The van der Waals surface area contributed by atoms with Crippen LogP contribution in [0.1, 0.15) is 0 Å². The number of rotatable bonds is 6. The minimum Gasteiger partial charge on any atom is -0.383 e. The third kappa shape index (κ3) is 3.55. The fraction of sp³-hybridized carbons (Fsp3) is 0.125. The molecule has 3 heteroatoms. The molecule has 0 aliphatic rings. The molecule has 3 aromatic carbocycles. The topological polar surface area (TPSA) is 27.1 Å². The summed E-state index contributed by atoms with van der Waals surface area (Å²) >= 11 is 0. The lowest BCUT2D eigenvalue weighted by Crippen LogP contribution is -2.07. The minimum absolute atomic E-state index is 0.629. The Morgan fingerprint density at radius 3 is 1.78 bits per heavy atom. The first kappa shape index (κ1) is 17.3. The van der Waals surface area contributed by atoms with E-state index in [0.29, 0.717) is 6.61 Å². The van der Waals surface area contributed by atoms with Crippen molar-refractivity contribution < 1.29 is 4.74 Å². The van der Waals surface area contributed by atoms with Gasteiger partial charge in [0.2, 0.25) is 0 Å². The van der Waals surface area contributed by atoms with Gasteiger partial charge in [-0.1, -0.05) is 91.0 Å². The molecule has 0 radical (unpaired) electrons. The van der Waals surface area contributed by atoms with Crippen LogP contribution in [0.4, 0.5) is 0 Å². The number of nitrogens with zero attached hydrogens (tertiary/aromatic N) is 2. The van der Waals surface area contributed by atoms with Crippen LogP contribution in [0.25, 0.3) is 33.9 Å². The third-order valence-electron chi connectivity index (χ3n) is 4.61. The molecule has 134 valence electrons. The van der Waals surface area contributed by atoms with Crippen LogP contribution in [-0.2, 0) is 11.3 Å². The van der Waals surface area contributed by atoms with Crippen LogP contribution in [0.15, 0.2) is 91.0 Å². The predicted octanol–water partition coefficient (Wildman–Crippen LogP) is 5.53. The van der Waals surface area contributed by atoms with Crippen molar-refractivity contribution in [2.24, 2.45) is 0 Å². The van der Waals surface area contributed by atoms with Crippen LogP contribution in [0.3, 0.4) is 0 Å². The number of ether oxygens (including phenoxy) is 1. The molecule has 4 rings (SSSR count). The monoisotopic (exact) mass is 354 g/mol. The van der Waals surface area contributed by atoms with E-state index in [1.54, 1.807) is 7.11 Å². The summed E-state index contributed by atoms with van der Waals surface area (Å²) in [5, 5.41) is 0. The molecular formula is C24H22N2O. The third-order valence-corrected chi connectivity index (χ3v) is 4.61. The minimum atomic E-state index is 0.629. The number of benzene rings is 3. The van der Waals surface area contributed by atoms with E-state index < -0.39 is 0 Å². The Kier molecular flexibility index (Phi) is 5.13. The molecule has 0 saturated carbocycles. The summed E-state index contributed by atoms with van der Waals surface area (Å²) in [6, 6.07) is 31.2. The highest BCUT2D eigenvalue weighted by molar-refractivity contribution is 5.82. The van der Waals surface area contributed by atoms with Crippen LogP contribution in [0.5, 0.6) is 0 Å². The molecule has 0 amide bonds. The SMILES string of the molecule is COCCn1c(-c2ccccc2)nc(-c2ccccc2)c1-c1ccccc1. The van der Waals surface area contributed by atoms with Crippen molar-refractivity contribution in [3.63, 3.8) is 0 Å². The lowest BCUT2D eigenvalue weighted by molar-refractivity contribution is 0.188. The van der Waals surface area contributed by atoms with E-state index in [9.17, 15) is 0 Å². The number of aromatic nitrogens is 2. The molecule has 0 aliphatic heterocycles. The zero-order valence-electron chi connectivity index (χ0n) is 15.4. The van der Waals surface area contributed by atoms with E-state index in [1.165, 1.54) is 0 Å². The van der Waals surface area contributed by atoms with Gasteiger partial charge < -0.3 is 9.30 Å². The maximum atomic E-state index is 5.39. The number of methoxy groups -OCH3 is 1. The van der Waals surface area contributed by atoms with E-state index >= 15 is 0 Å². The summed E-state index contributed by atoms with van der Waals surface area (Å²) in [6.45, 7) is 1.37. The average molecular weight is 354 g/mol. The van der Waals surface area contributed by atoms with E-state index in [-0.39, 0.29) is 0 Å². The van der Waals surface area contributed by atoms with Crippen molar-refractivity contribution in [1.29, 1.82) is 0 Å². The van der Waals surface area contributed by atoms with Crippen LogP contribution in [0, 0.1) is 0 Å². The van der Waals surface area contributed by atoms with Gasteiger partial charge in [-0.25, -0.2) is 4.98 Å². The zero-order valence-corrected chi connectivity index (χ0v) is 15.4. The van der Waals surface area contributed by atoms with Gasteiger partial charge in [-0.05, 0) is 0 Å². The highest BCUT2D eigenvalue weighted by Crippen LogP contribution is 2.36. The summed E-state index contributed by atoms with van der Waals surface area (Å²) in [4.78, 5) is 5.09. The van der Waals surface area contributed by atoms with E-state index in [4.69, 9.17) is 9.72 Å². The van der Waals surface area contributed by atoms with E-state index in [2.05, 4.69) is 77.4 Å². The molecule has 3 nitrogen and oxygen atoms in total. The van der Waals surface area contributed by atoms with Crippen LogP contribution < -0.4 is 0 Å². The molecule has 0 N–H and O–H groups in total. The van der Waals surface area contributed by atoms with Crippen LogP contribution in [-0.4, -0.2) is 23.3 Å². The highest BCUT2D eigenvalue weighted by Gasteiger charge is 2.20. The smallest absolute Gasteiger partial charge is 0.141 e. The fourth-order valence-corrected chi connectivity index (χ4v) is 3.35. The molecule has 0 unspecified atom stereocenters. The highest BCUT2D eigenvalue weighted by atomic mass is 16.5. The molecule has 0 fully saturated rings. The molecule has 27 heavy (non-hydrogen) atoms. The Morgan fingerprint density at radius 2 is 1.22 bits per heavy atom. The van der Waals surface area contributed by atoms with Gasteiger partial charge in [0.1, 0.15) is 5.82 Å². The standard InChI is InChI=1S/C24H22N2O/c1-27-18-17-26-23(20-13-7-3-8-14-20)22(19-11-5-2-6-12-19)25-24(26)21-15-9-4-10-16-21/h2-16H,17-18H2,1H3. The summed E-state index contributed by atoms with van der Waals surface area (Å²) in [7, 11) is 1.74. The maximum Gasteiger partial charge on any atom is 0.141 e. The van der Waals surface area contributed by atoms with Crippen molar-refractivity contribution in [3.05, 3.63) is 91.0 Å². The molecule has 1 heterocycles. The second kappa shape index (κ2) is 8.02. The van der Waals surface area contributed by atoms with Gasteiger partial charge >= 0.3 is 0 Å². The second-order valence-electron chi connectivity index (χ2n) is 6.38. The summed E-state index contributed by atoms with van der Waals surface area (Å²) in [6.07, 6.45) is 0. The quantitative estimate of drug-likeness (QED) is 0.455. The first-order chi connectivity index (χ1) is 13.4. The molecule has 0 aliphatic carbocycles. The van der Waals surface area contributed by atoms with Crippen molar-refractivity contribution in [2.45, 2.75) is 6.54 Å². The Morgan fingerprint density at radius 1 is 0.704 bits per heavy atom. The number of imidazole rings is 1. The van der Waals surface area contributed by atoms with Crippen LogP contribution in [0.2, 0.25) is 0 Å². The number of hydrogen-bond donors (Lipinski definition) is 0. The van der Waals surface area contributed by atoms with Gasteiger partial charge in [-0.2, -0.15) is 0 Å². The van der Waals surface area contributed by atoms with E-state index in [1.807, 2.05) is 18.2 Å². The van der Waals surface area contributed by atoms with Gasteiger partial charge in [-0.15, -0.1) is 0 Å². The predicted molar refractivity (Wildman–Crippen MR) is 110 cm³/mol. The Bertz CT molecular complexity index is 993. The van der Waals surface area contributed by atoms with Crippen molar-refractivity contribution >= 4 is 0 Å². The average Bonchev–Trinajstić information content (AvgIpc) is 3.13. The molecule has 4 aromatic rings. The van der Waals surface area contributed by atoms with Gasteiger partial charge in [-0.3, -0.25) is 0 Å². The summed E-state index contributed by atoms with van der Waals surface area (Å²) in [5.74, 6) is 0.963. The molecule has 0 bridgehead atoms. The molecule has 0 atom stereocenters. The molecule has 0 saturated heterocycles. The Labute approximate surface area is 159 Å². The maximum absolute atomic E-state index is 5.39. The van der Waals surface area contributed by atoms with Crippen molar-refractivity contribution in [3.8, 4) is 33.9 Å². The normalized spacial score (nSPS) is 10.9. The lowest BCUT2D eigenvalue weighted by Gasteiger charge is -2.13. The van der Waals surface area contributed by atoms with Gasteiger partial charge in [0, 0.05) is 30.3 Å². The Balaban J connectivity index is 1.99. The summed E-state index contributed by atoms with van der Waals surface area (Å²) in [5.41, 5.74) is 5.49. The molecule has 0 spiro atoms. The van der Waals surface area contributed by atoms with Gasteiger partial charge in [0.15, 0.2) is 0 Å². The van der Waals surface area contributed by atoms with Gasteiger partial charge in [0.05, 0.1) is 18.0 Å². The lowest BCUT2D eigenvalue weighted by atomic mass is 10.0. The zero-order chi connectivity index (χ0) is 18.5. The number of hydrogen-bond acceptors (Lipinski definition) is 2. The van der Waals surface area contributed by atoms with E-state index in [0.717, 1.165) is 40.4 Å². The molecule has 1 aromatic heterocycles. The van der Waals surface area contributed by atoms with Crippen molar-refractivity contribution in [2.75, 3.05) is 13.7 Å². The second-order valence-corrected chi connectivity index (χ2v) is 6.38. The van der Waals surface area contributed by atoms with Gasteiger partial charge in [0.25, 0.3) is 0 Å².